The Bertz CT molecular complexity index is 1450. The highest BCUT2D eigenvalue weighted by molar-refractivity contribution is 5.70. The van der Waals surface area contributed by atoms with Crippen molar-refractivity contribution < 1.29 is 19.1 Å². The van der Waals surface area contributed by atoms with Crippen molar-refractivity contribution in [2.45, 2.75) is 43.6 Å². The quantitative estimate of drug-likeness (QED) is 0.114. The number of hydrogen-bond acceptors (Lipinski definition) is 6. The smallest absolute Gasteiger partial charge is 0.424 e. The molecule has 7 heteroatoms. The molecule has 1 aliphatic heterocycles. The predicted octanol–water partition coefficient (Wildman–Crippen LogP) is 6.98. The third-order valence-corrected chi connectivity index (χ3v) is 9.15. The van der Waals surface area contributed by atoms with Crippen LogP contribution in [0.4, 0.5) is 4.79 Å². The van der Waals surface area contributed by atoms with E-state index in [0.717, 1.165) is 74.0 Å². The Morgan fingerprint density at radius 2 is 1.46 bits per heavy atom. The Hall–Kier alpha value is -4.46. The van der Waals surface area contributed by atoms with Gasteiger partial charge in [0.25, 0.3) is 0 Å². The Balaban J connectivity index is 1.29. The number of likely N-dealkylation sites (tertiary alicyclic amines) is 1. The Labute approximate surface area is 273 Å². The van der Waals surface area contributed by atoms with Gasteiger partial charge in [0.1, 0.15) is 18.6 Å². The Morgan fingerprint density at radius 3 is 2.07 bits per heavy atom. The average Bonchev–Trinajstić information content (AvgIpc) is 3.13. The average molecular weight is 620 g/mol. The highest BCUT2D eigenvalue weighted by Crippen LogP contribution is 2.38. The van der Waals surface area contributed by atoms with Crippen molar-refractivity contribution in [2.24, 2.45) is 0 Å². The Kier molecular flexibility index (Phi) is 12.0. The third-order valence-electron chi connectivity index (χ3n) is 9.15. The van der Waals surface area contributed by atoms with Crippen LogP contribution in [0.1, 0.15) is 53.9 Å². The van der Waals surface area contributed by atoms with Crippen LogP contribution in [-0.2, 0) is 21.6 Å². The van der Waals surface area contributed by atoms with E-state index in [0.29, 0.717) is 12.5 Å². The van der Waals surface area contributed by atoms with E-state index in [1.807, 2.05) is 48.5 Å². The molecule has 46 heavy (non-hydrogen) atoms. The molecule has 1 amide bonds. The van der Waals surface area contributed by atoms with Crippen molar-refractivity contribution >= 4 is 12.4 Å². The Morgan fingerprint density at radius 1 is 0.870 bits per heavy atom. The fraction of sp³-hybridized carbons (Fsp3) is 0.333. The molecule has 7 nitrogen and oxygen atoms in total. The van der Waals surface area contributed by atoms with Gasteiger partial charge in [-0.1, -0.05) is 109 Å². The number of carbonyl (C=O) groups excluding carboxylic acids is 2. The summed E-state index contributed by atoms with van der Waals surface area (Å²) in [6.45, 7) is 3.51. The van der Waals surface area contributed by atoms with Gasteiger partial charge in [0.15, 0.2) is 0 Å². The van der Waals surface area contributed by atoms with Gasteiger partial charge < -0.3 is 19.2 Å². The zero-order valence-electron chi connectivity index (χ0n) is 26.7. The second-order valence-corrected chi connectivity index (χ2v) is 11.9. The maximum atomic E-state index is 13.2. The number of para-hydroxylation sites is 1. The topological polar surface area (TPSA) is 71.1 Å². The first kappa shape index (κ1) is 32.9. The van der Waals surface area contributed by atoms with Gasteiger partial charge in [-0.3, -0.25) is 0 Å². The highest BCUT2D eigenvalue weighted by Gasteiger charge is 2.35. The highest BCUT2D eigenvalue weighted by atomic mass is 16.6. The van der Waals surface area contributed by atoms with Gasteiger partial charge in [0.2, 0.25) is 0 Å². The van der Waals surface area contributed by atoms with E-state index < -0.39 is 11.5 Å². The number of carbonyl (C=O) groups is 2. The van der Waals surface area contributed by atoms with Crippen LogP contribution in [0, 0.1) is 0 Å². The van der Waals surface area contributed by atoms with Gasteiger partial charge in [-0.05, 0) is 79.6 Å². The lowest BCUT2D eigenvalue weighted by Crippen LogP contribution is -2.51. The molecular formula is C39H45N3O4. The molecule has 0 unspecified atom stereocenters. The largest absolute Gasteiger partial charge is 0.496 e. The van der Waals surface area contributed by atoms with Crippen LogP contribution < -0.4 is 10.2 Å². The van der Waals surface area contributed by atoms with Crippen molar-refractivity contribution in [3.05, 3.63) is 138 Å². The van der Waals surface area contributed by atoms with Gasteiger partial charge in [-0.2, -0.15) is 0 Å². The molecule has 0 spiro atoms. The lowest BCUT2D eigenvalue weighted by atomic mass is 9.71. The van der Waals surface area contributed by atoms with Gasteiger partial charge in [0.05, 0.1) is 13.7 Å². The zero-order chi connectivity index (χ0) is 32.0. The maximum absolute atomic E-state index is 13.2. The minimum absolute atomic E-state index is 0.117. The first-order valence-corrected chi connectivity index (χ1v) is 16.2. The van der Waals surface area contributed by atoms with Gasteiger partial charge in [0, 0.05) is 12.0 Å². The molecule has 4 aromatic carbocycles. The van der Waals surface area contributed by atoms with E-state index in [9.17, 15) is 9.59 Å². The van der Waals surface area contributed by atoms with E-state index in [1.165, 1.54) is 10.6 Å². The summed E-state index contributed by atoms with van der Waals surface area (Å²) in [5, 5.41) is 1.29. The minimum Gasteiger partial charge on any atom is -0.496 e. The lowest BCUT2D eigenvalue weighted by molar-refractivity contribution is -0.109. The number of amides is 1. The number of ether oxygens (including phenoxy) is 2. The fourth-order valence-electron chi connectivity index (χ4n) is 6.64. The summed E-state index contributed by atoms with van der Waals surface area (Å²) in [7, 11) is 1.75. The maximum Gasteiger partial charge on any atom is 0.424 e. The molecule has 4 aromatic rings. The molecule has 240 valence electrons. The summed E-state index contributed by atoms with van der Waals surface area (Å²) in [5.74, 6) is 1.49. The summed E-state index contributed by atoms with van der Waals surface area (Å²) in [4.78, 5) is 27.4. The van der Waals surface area contributed by atoms with Crippen LogP contribution in [0.5, 0.6) is 5.75 Å². The number of aldehydes is 1. The van der Waals surface area contributed by atoms with Crippen LogP contribution in [0.3, 0.4) is 0 Å². The number of piperidine rings is 1. The molecule has 0 saturated carbocycles. The number of benzene rings is 4. The van der Waals surface area contributed by atoms with Crippen LogP contribution in [0.2, 0.25) is 0 Å². The van der Waals surface area contributed by atoms with E-state index in [-0.39, 0.29) is 13.2 Å². The lowest BCUT2D eigenvalue weighted by Gasteiger charge is -2.38. The van der Waals surface area contributed by atoms with E-state index in [2.05, 4.69) is 77.1 Å². The van der Waals surface area contributed by atoms with Crippen molar-refractivity contribution in [3.8, 4) is 5.75 Å². The first-order valence-electron chi connectivity index (χ1n) is 16.2. The third kappa shape index (κ3) is 8.42. The summed E-state index contributed by atoms with van der Waals surface area (Å²) in [5.41, 5.74) is 7.39. The number of nitrogens with one attached hydrogen (secondary N) is 1. The van der Waals surface area contributed by atoms with Gasteiger partial charge in [-0.15, -0.1) is 0 Å². The molecule has 0 radical (unpaired) electrons. The molecule has 5 rings (SSSR count). The summed E-state index contributed by atoms with van der Waals surface area (Å²) < 4.78 is 11.2. The van der Waals surface area contributed by atoms with Gasteiger partial charge in [-0.25, -0.2) is 15.2 Å². The number of nitrogens with zero attached hydrogens (tertiary/aromatic N) is 2. The molecule has 0 aliphatic carbocycles. The van der Waals surface area contributed by atoms with Crippen LogP contribution in [0.15, 0.2) is 115 Å². The number of methoxy groups -OCH3 is 1. The van der Waals surface area contributed by atoms with Crippen LogP contribution in [-0.4, -0.2) is 62.1 Å². The van der Waals surface area contributed by atoms with E-state index in [1.54, 1.807) is 7.11 Å². The normalized spacial score (nSPS) is 14.0. The molecule has 1 N–H and O–H groups in total. The molecule has 1 aliphatic rings. The minimum atomic E-state index is -0.580. The molecule has 1 fully saturated rings. The van der Waals surface area contributed by atoms with Crippen LogP contribution in [0.25, 0.3) is 0 Å². The number of hydrogen-bond donors (Lipinski definition) is 1. The summed E-state index contributed by atoms with van der Waals surface area (Å²) in [6, 6.07) is 38.9. The van der Waals surface area contributed by atoms with Crippen molar-refractivity contribution in [1.29, 1.82) is 0 Å². The monoisotopic (exact) mass is 619 g/mol. The van der Waals surface area contributed by atoms with E-state index >= 15 is 0 Å². The van der Waals surface area contributed by atoms with Crippen molar-refractivity contribution in [3.63, 3.8) is 0 Å². The van der Waals surface area contributed by atoms with E-state index in [4.69, 9.17) is 9.47 Å². The molecule has 1 saturated heterocycles. The van der Waals surface area contributed by atoms with Gasteiger partial charge >= 0.3 is 6.09 Å². The SMILES string of the molecule is COc1ccccc1C1CCN(CCCC(CNN(CC=O)C(=O)OCc2ccccc2)(c2ccccc2)c2ccccc2)CC1. The summed E-state index contributed by atoms with van der Waals surface area (Å²) >= 11 is 0. The molecule has 0 aromatic heterocycles. The first-order chi connectivity index (χ1) is 22.6. The second kappa shape index (κ2) is 16.7. The molecule has 0 atom stereocenters. The fourth-order valence-corrected chi connectivity index (χ4v) is 6.64. The van der Waals surface area contributed by atoms with Crippen molar-refractivity contribution in [2.75, 3.05) is 39.8 Å². The molecular weight excluding hydrogens is 574 g/mol. The molecule has 0 bridgehead atoms. The predicted molar refractivity (Wildman–Crippen MR) is 182 cm³/mol. The number of hydrazine groups is 1. The van der Waals surface area contributed by atoms with Crippen LogP contribution >= 0.6 is 0 Å². The zero-order valence-corrected chi connectivity index (χ0v) is 26.7. The van der Waals surface area contributed by atoms with Crippen molar-refractivity contribution in [1.82, 2.24) is 15.3 Å². The summed E-state index contributed by atoms with van der Waals surface area (Å²) in [6.07, 6.45) is 4.18. The standard InChI is InChI=1S/C39H45N3O4/c1-45-37-21-12-11-20-36(37)33-22-26-41(27-23-33)25-13-24-39(34-16-7-3-8-17-34,35-18-9-4-10-19-35)31-40-42(28-29-43)38(44)46-30-32-14-5-2-6-15-32/h2-12,14-21,29,33,40H,13,22-28,30-31H2,1H3. The number of rotatable bonds is 15. The second-order valence-electron chi connectivity index (χ2n) is 11.9. The molecule has 1 heterocycles.